The molecule has 2 aromatic heterocycles. The molecule has 0 saturated carbocycles. The van der Waals surface area contributed by atoms with E-state index in [2.05, 4.69) is 23.7 Å². The average Bonchev–Trinajstić information content (AvgIpc) is 3.17. The van der Waals surface area contributed by atoms with Crippen LogP contribution in [0.3, 0.4) is 0 Å². The van der Waals surface area contributed by atoms with Crippen molar-refractivity contribution in [3.05, 3.63) is 65.7 Å². The molecule has 7 heteroatoms. The number of carbonyl (C=O) groups is 1. The molecule has 0 spiro atoms. The maximum atomic E-state index is 13.7. The first-order chi connectivity index (χ1) is 15.4. The summed E-state index contributed by atoms with van der Waals surface area (Å²) in [5, 5.41) is 4.73. The number of pyridine rings is 1. The molecule has 1 saturated heterocycles. The number of nitrogens with zero attached hydrogens (tertiary/aromatic N) is 5. The average molecular weight is 436 g/mol. The van der Waals surface area contributed by atoms with E-state index in [1.807, 2.05) is 33.8 Å². The first-order valence-electron chi connectivity index (χ1n) is 11.2. The predicted octanol–water partition coefficient (Wildman–Crippen LogP) is 3.94. The molecule has 0 radical (unpaired) electrons. The minimum atomic E-state index is -0.226. The van der Waals surface area contributed by atoms with Crippen LogP contribution in [0.1, 0.15) is 25.1 Å². The fraction of sp³-hybridized carbons (Fsp3) is 0.400. The van der Waals surface area contributed by atoms with Crippen molar-refractivity contribution in [1.29, 1.82) is 0 Å². The Morgan fingerprint density at radius 3 is 2.53 bits per heavy atom. The quantitative estimate of drug-likeness (QED) is 0.589. The van der Waals surface area contributed by atoms with Crippen LogP contribution < -0.4 is 4.90 Å². The molecule has 1 amide bonds. The summed E-state index contributed by atoms with van der Waals surface area (Å²) >= 11 is 0. The van der Waals surface area contributed by atoms with Gasteiger partial charge in [0, 0.05) is 43.6 Å². The van der Waals surface area contributed by atoms with Gasteiger partial charge in [-0.3, -0.25) is 9.48 Å². The van der Waals surface area contributed by atoms with Crippen molar-refractivity contribution in [2.75, 3.05) is 31.1 Å². The van der Waals surface area contributed by atoms with Gasteiger partial charge < -0.3 is 9.80 Å². The molecule has 0 atom stereocenters. The van der Waals surface area contributed by atoms with Crippen LogP contribution in [-0.2, 0) is 17.8 Å². The second kappa shape index (κ2) is 9.51. The van der Waals surface area contributed by atoms with Gasteiger partial charge in [0.2, 0.25) is 5.91 Å². The Morgan fingerprint density at radius 1 is 1.09 bits per heavy atom. The number of aromatic nitrogens is 3. The molecule has 0 bridgehead atoms. The number of rotatable bonds is 6. The number of anilines is 1. The molecule has 3 heterocycles. The molecule has 1 aliphatic rings. The summed E-state index contributed by atoms with van der Waals surface area (Å²) < 4.78 is 15.5. The minimum absolute atomic E-state index is 0.0700. The van der Waals surface area contributed by atoms with E-state index in [0.29, 0.717) is 24.6 Å². The molecule has 1 fully saturated rings. The number of benzene rings is 1. The first kappa shape index (κ1) is 22.0. The van der Waals surface area contributed by atoms with Gasteiger partial charge in [0.25, 0.3) is 0 Å². The Bertz CT molecular complexity index is 1070. The van der Waals surface area contributed by atoms with E-state index in [4.69, 9.17) is 5.10 Å². The molecule has 32 heavy (non-hydrogen) atoms. The van der Waals surface area contributed by atoms with E-state index < -0.39 is 0 Å². The molecule has 1 aliphatic heterocycles. The monoisotopic (exact) mass is 435 g/mol. The lowest BCUT2D eigenvalue weighted by molar-refractivity contribution is -0.132. The standard InChI is InChI=1S/C25H30FN5O/c1-18(2)14-21-16-23(20-7-8-22(26)19(3)15-20)28-31(21)17-25(32)30-12-10-29(11-13-30)24-6-4-5-9-27-24/h4-9,15-16,18H,10-14,17H2,1-3H3. The van der Waals surface area contributed by atoms with Crippen molar-refractivity contribution in [2.45, 2.75) is 33.7 Å². The third kappa shape index (κ3) is 4.98. The van der Waals surface area contributed by atoms with Crippen LogP contribution in [-0.4, -0.2) is 51.8 Å². The maximum absolute atomic E-state index is 13.7. The molecule has 0 unspecified atom stereocenters. The first-order valence-corrected chi connectivity index (χ1v) is 11.2. The van der Waals surface area contributed by atoms with Crippen molar-refractivity contribution in [3.8, 4) is 11.3 Å². The lowest BCUT2D eigenvalue weighted by Crippen LogP contribution is -2.50. The van der Waals surface area contributed by atoms with Gasteiger partial charge in [-0.05, 0) is 61.2 Å². The number of hydrogen-bond donors (Lipinski definition) is 0. The van der Waals surface area contributed by atoms with E-state index in [-0.39, 0.29) is 18.3 Å². The highest BCUT2D eigenvalue weighted by Crippen LogP contribution is 2.23. The van der Waals surface area contributed by atoms with E-state index in [1.165, 1.54) is 6.07 Å². The van der Waals surface area contributed by atoms with Crippen LogP contribution in [0.2, 0.25) is 0 Å². The summed E-state index contributed by atoms with van der Waals surface area (Å²) in [6, 6.07) is 12.9. The van der Waals surface area contributed by atoms with Crippen LogP contribution in [0.25, 0.3) is 11.3 Å². The Labute approximate surface area is 188 Å². The van der Waals surface area contributed by atoms with Crippen LogP contribution in [0.5, 0.6) is 0 Å². The molecule has 168 valence electrons. The SMILES string of the molecule is Cc1cc(-c2cc(CC(C)C)n(CC(=O)N3CCN(c4ccccn4)CC3)n2)ccc1F. The number of carbonyl (C=O) groups excluding carboxylic acids is 1. The van der Waals surface area contributed by atoms with Crippen molar-refractivity contribution >= 4 is 11.7 Å². The van der Waals surface area contributed by atoms with Crippen molar-refractivity contribution in [1.82, 2.24) is 19.7 Å². The lowest BCUT2D eigenvalue weighted by Gasteiger charge is -2.35. The number of hydrogen-bond acceptors (Lipinski definition) is 4. The zero-order valence-corrected chi connectivity index (χ0v) is 19.0. The molecular weight excluding hydrogens is 405 g/mol. The number of piperazine rings is 1. The highest BCUT2D eigenvalue weighted by Gasteiger charge is 2.23. The van der Waals surface area contributed by atoms with E-state index in [0.717, 1.165) is 42.3 Å². The van der Waals surface area contributed by atoms with Crippen molar-refractivity contribution in [3.63, 3.8) is 0 Å². The summed E-state index contributed by atoms with van der Waals surface area (Å²) in [6.45, 7) is 9.13. The molecule has 0 aliphatic carbocycles. The van der Waals surface area contributed by atoms with Gasteiger partial charge in [-0.1, -0.05) is 19.9 Å². The Morgan fingerprint density at radius 2 is 1.88 bits per heavy atom. The molecule has 3 aromatic rings. The summed E-state index contributed by atoms with van der Waals surface area (Å²) in [4.78, 5) is 21.6. The normalized spacial score (nSPS) is 14.3. The number of amides is 1. The summed E-state index contributed by atoms with van der Waals surface area (Å²) in [6.07, 6.45) is 2.62. The molecule has 1 aromatic carbocycles. The summed E-state index contributed by atoms with van der Waals surface area (Å²) in [7, 11) is 0. The topological polar surface area (TPSA) is 54.3 Å². The van der Waals surface area contributed by atoms with Crippen molar-refractivity contribution in [2.24, 2.45) is 5.92 Å². The number of aryl methyl sites for hydroxylation is 1. The fourth-order valence-electron chi connectivity index (χ4n) is 4.07. The van der Waals surface area contributed by atoms with E-state index >= 15 is 0 Å². The van der Waals surface area contributed by atoms with Gasteiger partial charge in [0.1, 0.15) is 18.2 Å². The smallest absolute Gasteiger partial charge is 0.244 e. The predicted molar refractivity (Wildman–Crippen MR) is 124 cm³/mol. The third-order valence-corrected chi connectivity index (χ3v) is 5.83. The minimum Gasteiger partial charge on any atom is -0.353 e. The second-order valence-corrected chi connectivity index (χ2v) is 8.80. The highest BCUT2D eigenvalue weighted by molar-refractivity contribution is 5.76. The second-order valence-electron chi connectivity index (χ2n) is 8.80. The fourth-order valence-corrected chi connectivity index (χ4v) is 4.07. The Kier molecular flexibility index (Phi) is 6.53. The Hall–Kier alpha value is -3.22. The van der Waals surface area contributed by atoms with Gasteiger partial charge in [-0.2, -0.15) is 5.10 Å². The van der Waals surface area contributed by atoms with Crippen LogP contribution in [0.15, 0.2) is 48.7 Å². The zero-order valence-electron chi connectivity index (χ0n) is 19.0. The lowest BCUT2D eigenvalue weighted by atomic mass is 10.1. The summed E-state index contributed by atoms with van der Waals surface area (Å²) in [5.74, 6) is 1.23. The molecule has 6 nitrogen and oxygen atoms in total. The van der Waals surface area contributed by atoms with E-state index in [1.54, 1.807) is 25.3 Å². The zero-order chi connectivity index (χ0) is 22.7. The molecular formula is C25H30FN5O. The van der Waals surface area contributed by atoms with E-state index in [9.17, 15) is 9.18 Å². The number of halogens is 1. The Balaban J connectivity index is 1.47. The van der Waals surface area contributed by atoms with Gasteiger partial charge >= 0.3 is 0 Å². The van der Waals surface area contributed by atoms with Crippen LogP contribution >= 0.6 is 0 Å². The van der Waals surface area contributed by atoms with Crippen molar-refractivity contribution < 1.29 is 9.18 Å². The highest BCUT2D eigenvalue weighted by atomic mass is 19.1. The van der Waals surface area contributed by atoms with Gasteiger partial charge in [-0.15, -0.1) is 0 Å². The molecule has 4 rings (SSSR count). The third-order valence-electron chi connectivity index (χ3n) is 5.83. The largest absolute Gasteiger partial charge is 0.353 e. The van der Waals surface area contributed by atoms with Gasteiger partial charge in [-0.25, -0.2) is 9.37 Å². The molecule has 0 N–H and O–H groups in total. The van der Waals surface area contributed by atoms with Gasteiger partial charge in [0.15, 0.2) is 0 Å². The van der Waals surface area contributed by atoms with Crippen LogP contribution in [0.4, 0.5) is 10.2 Å². The van der Waals surface area contributed by atoms with Gasteiger partial charge in [0.05, 0.1) is 5.69 Å². The van der Waals surface area contributed by atoms with Crippen LogP contribution in [0, 0.1) is 18.7 Å². The summed E-state index contributed by atoms with van der Waals surface area (Å²) in [5.41, 5.74) is 3.25. The maximum Gasteiger partial charge on any atom is 0.244 e.